The standard InChI is InChI=1S/C60H36N4/c61-37-49(38-62)59-52-34-32-48(58(46-29-17-6-18-30-46)56(43-23-11-3-12-24-43)44-25-13-4-14-26-44)36-54(52)60(50(39-63)40-64)51-33-31-47(35-53(51)59)57(45-27-15-5-16-28-45)55(41-19-7-1-8-20-41)42-21-9-2-10-22-42/h1-36H. The molecule has 0 aliphatic heterocycles. The van der Waals surface area contributed by atoms with Gasteiger partial charge in [-0.05, 0) is 100 Å². The third-order valence-corrected chi connectivity index (χ3v) is 11.5. The molecule has 0 N–H and O–H groups in total. The minimum absolute atomic E-state index is 0.0772. The predicted molar refractivity (Wildman–Crippen MR) is 259 cm³/mol. The Balaban J connectivity index is 1.46. The maximum absolute atomic E-state index is 10.7. The van der Waals surface area contributed by atoms with Gasteiger partial charge in [-0.1, -0.05) is 206 Å². The van der Waals surface area contributed by atoms with E-state index in [1.54, 1.807) is 0 Å². The summed E-state index contributed by atoms with van der Waals surface area (Å²) in [5, 5.41) is 46.0. The molecule has 0 atom stereocenters. The van der Waals surface area contributed by atoms with Gasteiger partial charge in [0, 0.05) is 10.4 Å². The molecule has 64 heavy (non-hydrogen) atoms. The number of nitrogens with zero attached hydrogens (tertiary/aromatic N) is 4. The first-order valence-electron chi connectivity index (χ1n) is 20.8. The summed E-state index contributed by atoms with van der Waals surface area (Å²) in [7, 11) is 0. The van der Waals surface area contributed by atoms with Crippen molar-refractivity contribution < 1.29 is 0 Å². The van der Waals surface area contributed by atoms with E-state index < -0.39 is 0 Å². The Bertz CT molecular complexity index is 3230. The molecule has 4 nitrogen and oxygen atoms in total. The third kappa shape index (κ3) is 7.53. The smallest absolute Gasteiger partial charge is 0.138 e. The second-order valence-corrected chi connectivity index (χ2v) is 15.2. The first-order valence-corrected chi connectivity index (χ1v) is 20.8. The summed E-state index contributed by atoms with van der Waals surface area (Å²) >= 11 is 0. The van der Waals surface area contributed by atoms with Crippen molar-refractivity contribution in [2.75, 3.05) is 0 Å². The summed E-state index contributed by atoms with van der Waals surface area (Å²) in [6.07, 6.45) is 0. The lowest BCUT2D eigenvalue weighted by atomic mass is 9.83. The molecule has 0 aliphatic rings. The van der Waals surface area contributed by atoms with E-state index in [4.69, 9.17) is 0 Å². The van der Waals surface area contributed by atoms with Crippen LogP contribution in [0.2, 0.25) is 0 Å². The quantitative estimate of drug-likeness (QED) is 0.113. The molecule has 9 rings (SSSR count). The largest absolute Gasteiger partial charge is 0.192 e. The molecule has 0 amide bonds. The topological polar surface area (TPSA) is 95.2 Å². The van der Waals surface area contributed by atoms with E-state index in [0.717, 1.165) is 66.8 Å². The molecule has 0 saturated heterocycles. The van der Waals surface area contributed by atoms with Crippen molar-refractivity contribution in [1.82, 2.24) is 0 Å². The van der Waals surface area contributed by atoms with Gasteiger partial charge in [-0.3, -0.25) is 0 Å². The normalized spacial score (nSPS) is 10.4. The SMILES string of the molecule is N#CC(C#N)=c1c2ccc(C(=C(c3ccccc3)c3ccccc3)c3ccccc3)cc2c(=C(C#N)C#N)c2ccc(C(=C(c3ccccc3)c3ccccc3)c3ccccc3)cc12. The van der Waals surface area contributed by atoms with Crippen molar-refractivity contribution in [3.05, 3.63) is 273 Å². The van der Waals surface area contributed by atoms with Crippen LogP contribution in [0.4, 0.5) is 0 Å². The molecule has 0 spiro atoms. The Hall–Kier alpha value is -9.32. The molecule has 0 radical (unpaired) electrons. The molecule has 0 aromatic heterocycles. The fourth-order valence-corrected chi connectivity index (χ4v) is 8.80. The van der Waals surface area contributed by atoms with Gasteiger partial charge >= 0.3 is 0 Å². The lowest BCUT2D eigenvalue weighted by Gasteiger charge is -2.20. The van der Waals surface area contributed by atoms with Crippen molar-refractivity contribution in [1.29, 1.82) is 21.0 Å². The zero-order chi connectivity index (χ0) is 43.8. The number of rotatable bonds is 8. The van der Waals surface area contributed by atoms with Gasteiger partial charge in [-0.2, -0.15) is 21.0 Å². The van der Waals surface area contributed by atoms with Gasteiger partial charge in [0.15, 0.2) is 0 Å². The Kier molecular flexibility index (Phi) is 11.4. The van der Waals surface area contributed by atoms with Crippen LogP contribution in [0.15, 0.2) is 218 Å². The number of hydrogen-bond donors (Lipinski definition) is 0. The van der Waals surface area contributed by atoms with Gasteiger partial charge in [0.05, 0.1) is 0 Å². The number of fused-ring (bicyclic) bond motifs is 2. The van der Waals surface area contributed by atoms with Crippen LogP contribution in [0.25, 0.3) is 55.0 Å². The van der Waals surface area contributed by atoms with Gasteiger partial charge in [-0.25, -0.2) is 0 Å². The first-order chi connectivity index (χ1) is 31.6. The van der Waals surface area contributed by atoms with Gasteiger partial charge in [0.1, 0.15) is 35.4 Å². The van der Waals surface area contributed by atoms with Gasteiger partial charge < -0.3 is 0 Å². The van der Waals surface area contributed by atoms with Crippen molar-refractivity contribution in [3.63, 3.8) is 0 Å². The second-order valence-electron chi connectivity index (χ2n) is 15.2. The van der Waals surface area contributed by atoms with Crippen LogP contribution < -0.4 is 10.4 Å². The van der Waals surface area contributed by atoms with Gasteiger partial charge in [0.25, 0.3) is 0 Å². The Morgan fingerprint density at radius 2 is 0.453 bits per heavy atom. The van der Waals surface area contributed by atoms with Crippen LogP contribution in [-0.2, 0) is 0 Å². The van der Waals surface area contributed by atoms with Crippen LogP contribution in [0.1, 0.15) is 44.5 Å². The molecule has 0 aliphatic carbocycles. The maximum Gasteiger partial charge on any atom is 0.138 e. The average Bonchev–Trinajstić information content (AvgIpc) is 3.37. The molecule has 0 fully saturated rings. The Morgan fingerprint density at radius 3 is 0.672 bits per heavy atom. The molecule has 0 bridgehead atoms. The molecule has 0 heterocycles. The highest BCUT2D eigenvalue weighted by Crippen LogP contribution is 2.40. The van der Waals surface area contributed by atoms with Crippen LogP contribution in [0, 0.1) is 45.3 Å². The highest BCUT2D eigenvalue weighted by molar-refractivity contribution is 6.11. The highest BCUT2D eigenvalue weighted by atomic mass is 14.3. The van der Waals surface area contributed by atoms with E-state index in [1.807, 2.05) is 146 Å². The zero-order valence-corrected chi connectivity index (χ0v) is 34.6. The molecular weight excluding hydrogens is 777 g/mol. The monoisotopic (exact) mass is 812 g/mol. The van der Waals surface area contributed by atoms with E-state index in [-0.39, 0.29) is 11.1 Å². The number of nitriles is 4. The predicted octanol–water partition coefficient (Wildman–Crippen LogP) is 12.4. The molecule has 9 aromatic rings. The highest BCUT2D eigenvalue weighted by Gasteiger charge is 2.21. The van der Waals surface area contributed by atoms with Crippen molar-refractivity contribution in [3.8, 4) is 24.3 Å². The summed E-state index contributed by atoms with van der Waals surface area (Å²) in [5.74, 6) is 0. The lowest BCUT2D eigenvalue weighted by Crippen LogP contribution is -2.19. The van der Waals surface area contributed by atoms with E-state index >= 15 is 0 Å². The lowest BCUT2D eigenvalue weighted by molar-refractivity contribution is 1.48. The molecule has 296 valence electrons. The first kappa shape index (κ1) is 40.1. The molecule has 4 heteroatoms. The molecule has 0 unspecified atom stereocenters. The average molecular weight is 813 g/mol. The molecule has 0 saturated carbocycles. The van der Waals surface area contributed by atoms with Gasteiger partial charge in [0.2, 0.25) is 0 Å². The Morgan fingerprint density at radius 1 is 0.234 bits per heavy atom. The second kappa shape index (κ2) is 18.1. The fourth-order valence-electron chi connectivity index (χ4n) is 8.80. The van der Waals surface area contributed by atoms with Crippen molar-refractivity contribution in [2.45, 2.75) is 0 Å². The summed E-state index contributed by atoms with van der Waals surface area (Å²) < 4.78 is 0. The summed E-state index contributed by atoms with van der Waals surface area (Å²) in [4.78, 5) is 0. The van der Waals surface area contributed by atoms with E-state index in [1.165, 1.54) is 0 Å². The number of benzene rings is 9. The summed E-state index contributed by atoms with van der Waals surface area (Å²) in [6.45, 7) is 0. The van der Waals surface area contributed by atoms with E-state index in [9.17, 15) is 21.0 Å². The zero-order valence-electron chi connectivity index (χ0n) is 34.6. The van der Waals surface area contributed by atoms with Gasteiger partial charge in [-0.15, -0.1) is 0 Å². The number of hydrogen-bond acceptors (Lipinski definition) is 4. The van der Waals surface area contributed by atoms with Crippen LogP contribution in [0.3, 0.4) is 0 Å². The van der Waals surface area contributed by atoms with Crippen LogP contribution in [-0.4, -0.2) is 0 Å². The van der Waals surface area contributed by atoms with E-state index in [0.29, 0.717) is 32.0 Å². The van der Waals surface area contributed by atoms with Crippen LogP contribution >= 0.6 is 0 Å². The third-order valence-electron chi connectivity index (χ3n) is 11.5. The minimum atomic E-state index is -0.0772. The Labute approximate surface area is 372 Å². The maximum atomic E-state index is 10.7. The minimum Gasteiger partial charge on any atom is -0.192 e. The molecule has 9 aromatic carbocycles. The van der Waals surface area contributed by atoms with Crippen LogP contribution in [0.5, 0.6) is 0 Å². The van der Waals surface area contributed by atoms with Crippen molar-refractivity contribution in [2.24, 2.45) is 0 Å². The summed E-state index contributed by atoms with van der Waals surface area (Å²) in [5.41, 5.74) is 11.4. The molecular formula is C60H36N4. The summed E-state index contributed by atoms with van der Waals surface area (Å²) in [6, 6.07) is 82.0. The fraction of sp³-hybridized carbons (Fsp3) is 0. The van der Waals surface area contributed by atoms with E-state index in [2.05, 4.69) is 97.1 Å². The van der Waals surface area contributed by atoms with Crippen molar-refractivity contribution >= 4 is 55.0 Å².